The van der Waals surface area contributed by atoms with Gasteiger partial charge in [0.2, 0.25) is 0 Å². The molecular weight excluding hydrogens is 321 g/mol. The van der Waals surface area contributed by atoms with Crippen molar-refractivity contribution in [1.82, 2.24) is 5.32 Å². The molecule has 3 nitrogen and oxygen atoms in total. The van der Waals surface area contributed by atoms with Crippen LogP contribution >= 0.6 is 23.2 Å². The first-order valence-corrected chi connectivity index (χ1v) is 7.70. The van der Waals surface area contributed by atoms with Crippen molar-refractivity contribution in [1.29, 1.82) is 0 Å². The molecule has 1 unspecified atom stereocenters. The van der Waals surface area contributed by atoms with E-state index >= 15 is 0 Å². The van der Waals surface area contributed by atoms with Crippen LogP contribution in [0.5, 0.6) is 11.5 Å². The zero-order valence-corrected chi connectivity index (χ0v) is 14.3. The van der Waals surface area contributed by atoms with Crippen molar-refractivity contribution >= 4 is 23.2 Å². The van der Waals surface area contributed by atoms with Gasteiger partial charge in [-0.15, -0.1) is 0 Å². The molecule has 0 aliphatic rings. The Morgan fingerprint density at radius 1 is 1.00 bits per heavy atom. The maximum Gasteiger partial charge on any atom is 0.161 e. The number of rotatable bonds is 6. The van der Waals surface area contributed by atoms with E-state index in [0.717, 1.165) is 22.6 Å². The van der Waals surface area contributed by atoms with Gasteiger partial charge in [0.25, 0.3) is 0 Å². The Kier molecular flexibility index (Phi) is 5.95. The van der Waals surface area contributed by atoms with Gasteiger partial charge in [-0.25, -0.2) is 0 Å². The van der Waals surface area contributed by atoms with Crippen LogP contribution in [-0.4, -0.2) is 14.2 Å². The molecule has 2 aromatic carbocycles. The van der Waals surface area contributed by atoms with Crippen molar-refractivity contribution in [2.24, 2.45) is 0 Å². The second kappa shape index (κ2) is 7.73. The zero-order valence-electron chi connectivity index (χ0n) is 12.8. The van der Waals surface area contributed by atoms with E-state index in [1.54, 1.807) is 20.3 Å². The second-order valence-corrected chi connectivity index (χ2v) is 5.80. The summed E-state index contributed by atoms with van der Waals surface area (Å²) in [5.74, 6) is 1.44. The fraction of sp³-hybridized carbons (Fsp3) is 0.294. The predicted octanol–water partition coefficient (Wildman–Crippen LogP) is 4.86. The van der Waals surface area contributed by atoms with Crippen molar-refractivity contribution < 1.29 is 9.47 Å². The van der Waals surface area contributed by atoms with Gasteiger partial charge >= 0.3 is 0 Å². The SMILES string of the molecule is COc1ccc(CNC(C)c2ccc(Cl)cc2Cl)cc1OC. The van der Waals surface area contributed by atoms with Crippen LogP contribution in [0.1, 0.15) is 24.1 Å². The molecule has 5 heteroatoms. The molecule has 0 spiro atoms. The molecule has 0 saturated heterocycles. The average molecular weight is 340 g/mol. The Morgan fingerprint density at radius 2 is 1.73 bits per heavy atom. The quantitative estimate of drug-likeness (QED) is 0.814. The number of hydrogen-bond acceptors (Lipinski definition) is 3. The summed E-state index contributed by atoms with van der Waals surface area (Å²) >= 11 is 12.2. The lowest BCUT2D eigenvalue weighted by Crippen LogP contribution is -2.18. The standard InChI is InChI=1S/C17H19Cl2NO2/c1-11(14-6-5-13(18)9-15(14)19)20-10-12-4-7-16(21-2)17(8-12)22-3/h4-9,11,20H,10H2,1-3H3. The second-order valence-electron chi connectivity index (χ2n) is 4.96. The van der Waals surface area contributed by atoms with Crippen molar-refractivity contribution in [3.05, 3.63) is 57.6 Å². The molecule has 0 bridgehead atoms. The average Bonchev–Trinajstić information content (AvgIpc) is 2.52. The highest BCUT2D eigenvalue weighted by atomic mass is 35.5. The number of halogens is 2. The van der Waals surface area contributed by atoms with Crippen molar-refractivity contribution in [2.45, 2.75) is 19.5 Å². The molecule has 2 aromatic rings. The van der Waals surface area contributed by atoms with Crippen molar-refractivity contribution in [3.63, 3.8) is 0 Å². The first-order valence-electron chi connectivity index (χ1n) is 6.94. The monoisotopic (exact) mass is 339 g/mol. The highest BCUT2D eigenvalue weighted by molar-refractivity contribution is 6.35. The molecule has 0 aromatic heterocycles. The molecule has 0 radical (unpaired) electrons. The van der Waals surface area contributed by atoms with Gasteiger partial charge in [-0.3, -0.25) is 0 Å². The molecule has 0 heterocycles. The van der Waals surface area contributed by atoms with Gasteiger partial charge in [-0.05, 0) is 42.3 Å². The van der Waals surface area contributed by atoms with Crippen LogP contribution in [0.3, 0.4) is 0 Å². The van der Waals surface area contributed by atoms with Crippen LogP contribution in [0.2, 0.25) is 10.0 Å². The smallest absolute Gasteiger partial charge is 0.161 e. The molecule has 2 rings (SSSR count). The third kappa shape index (κ3) is 4.07. The zero-order chi connectivity index (χ0) is 16.1. The minimum atomic E-state index is 0.109. The van der Waals surface area contributed by atoms with E-state index < -0.39 is 0 Å². The number of benzene rings is 2. The van der Waals surface area contributed by atoms with E-state index in [9.17, 15) is 0 Å². The van der Waals surface area contributed by atoms with Crippen LogP contribution in [0.4, 0.5) is 0 Å². The lowest BCUT2D eigenvalue weighted by Gasteiger charge is -2.17. The van der Waals surface area contributed by atoms with Gasteiger partial charge < -0.3 is 14.8 Å². The molecule has 1 N–H and O–H groups in total. The highest BCUT2D eigenvalue weighted by Crippen LogP contribution is 2.29. The molecule has 0 aliphatic heterocycles. The van der Waals surface area contributed by atoms with Gasteiger partial charge in [0.15, 0.2) is 11.5 Å². The summed E-state index contributed by atoms with van der Waals surface area (Å²) in [6.07, 6.45) is 0. The van der Waals surface area contributed by atoms with Gasteiger partial charge in [0.1, 0.15) is 0 Å². The summed E-state index contributed by atoms with van der Waals surface area (Å²) < 4.78 is 10.5. The largest absolute Gasteiger partial charge is 0.493 e. The predicted molar refractivity (Wildman–Crippen MR) is 91.3 cm³/mol. The Labute approximate surface area is 141 Å². The van der Waals surface area contributed by atoms with Crippen molar-refractivity contribution in [3.8, 4) is 11.5 Å². The van der Waals surface area contributed by atoms with E-state index in [4.69, 9.17) is 32.7 Å². The van der Waals surface area contributed by atoms with Crippen LogP contribution < -0.4 is 14.8 Å². The number of methoxy groups -OCH3 is 2. The summed E-state index contributed by atoms with van der Waals surface area (Å²) in [5, 5.41) is 4.75. The van der Waals surface area contributed by atoms with Gasteiger partial charge in [-0.1, -0.05) is 35.3 Å². The lowest BCUT2D eigenvalue weighted by molar-refractivity contribution is 0.354. The molecule has 0 fully saturated rings. The fourth-order valence-corrected chi connectivity index (χ4v) is 2.80. The topological polar surface area (TPSA) is 30.5 Å². The van der Waals surface area contributed by atoms with E-state index in [1.807, 2.05) is 30.3 Å². The molecular formula is C17H19Cl2NO2. The summed E-state index contributed by atoms with van der Waals surface area (Å²) in [6.45, 7) is 2.76. The van der Waals surface area contributed by atoms with Crippen LogP contribution in [-0.2, 0) is 6.54 Å². The normalized spacial score (nSPS) is 12.0. The molecule has 22 heavy (non-hydrogen) atoms. The Morgan fingerprint density at radius 3 is 2.36 bits per heavy atom. The minimum Gasteiger partial charge on any atom is -0.493 e. The number of nitrogens with one attached hydrogen (secondary N) is 1. The van der Waals surface area contributed by atoms with Gasteiger partial charge in [0, 0.05) is 22.6 Å². The van der Waals surface area contributed by atoms with Crippen LogP contribution in [0.25, 0.3) is 0 Å². The highest BCUT2D eigenvalue weighted by Gasteiger charge is 2.10. The summed E-state index contributed by atoms with van der Waals surface area (Å²) in [7, 11) is 3.26. The summed E-state index contributed by atoms with van der Waals surface area (Å²) in [5.41, 5.74) is 2.13. The third-order valence-corrected chi connectivity index (χ3v) is 4.05. The lowest BCUT2D eigenvalue weighted by atomic mass is 10.1. The van der Waals surface area contributed by atoms with E-state index in [2.05, 4.69) is 12.2 Å². The first-order chi connectivity index (χ1) is 10.5. The maximum atomic E-state index is 6.23. The van der Waals surface area contributed by atoms with E-state index in [-0.39, 0.29) is 6.04 Å². The fourth-order valence-electron chi connectivity index (χ4n) is 2.22. The van der Waals surface area contributed by atoms with Gasteiger partial charge in [-0.2, -0.15) is 0 Å². The number of ether oxygens (including phenoxy) is 2. The Bertz CT molecular complexity index is 647. The number of hydrogen-bond donors (Lipinski definition) is 1. The summed E-state index contributed by atoms with van der Waals surface area (Å²) in [6, 6.07) is 11.5. The third-order valence-electron chi connectivity index (χ3n) is 3.49. The molecule has 118 valence electrons. The van der Waals surface area contributed by atoms with Crippen molar-refractivity contribution in [2.75, 3.05) is 14.2 Å². The molecule has 1 atom stereocenters. The van der Waals surface area contributed by atoms with E-state index in [0.29, 0.717) is 16.6 Å². The first kappa shape index (κ1) is 16.9. The molecule has 0 aliphatic carbocycles. The van der Waals surface area contributed by atoms with Crippen LogP contribution in [0, 0.1) is 0 Å². The Hall–Kier alpha value is -1.42. The molecule has 0 saturated carbocycles. The van der Waals surface area contributed by atoms with Crippen LogP contribution in [0.15, 0.2) is 36.4 Å². The van der Waals surface area contributed by atoms with Gasteiger partial charge in [0.05, 0.1) is 14.2 Å². The molecule has 0 amide bonds. The van der Waals surface area contributed by atoms with E-state index in [1.165, 1.54) is 0 Å². The Balaban J connectivity index is 2.06. The minimum absolute atomic E-state index is 0.109. The summed E-state index contributed by atoms with van der Waals surface area (Å²) in [4.78, 5) is 0. The maximum absolute atomic E-state index is 6.23.